The van der Waals surface area contributed by atoms with Gasteiger partial charge >= 0.3 is 6.03 Å². The van der Waals surface area contributed by atoms with Crippen LogP contribution in [0.5, 0.6) is 0 Å². The summed E-state index contributed by atoms with van der Waals surface area (Å²) >= 11 is 0. The second-order valence-corrected chi connectivity index (χ2v) is 7.79. The van der Waals surface area contributed by atoms with E-state index in [4.69, 9.17) is 4.74 Å². The van der Waals surface area contributed by atoms with E-state index in [1.807, 2.05) is 53.8 Å². The highest BCUT2D eigenvalue weighted by Gasteiger charge is 2.44. The van der Waals surface area contributed by atoms with Gasteiger partial charge in [-0.15, -0.1) is 5.10 Å². The lowest BCUT2D eigenvalue weighted by atomic mass is 10.0. The van der Waals surface area contributed by atoms with Crippen LogP contribution in [-0.2, 0) is 24.4 Å². The van der Waals surface area contributed by atoms with Crippen molar-refractivity contribution in [3.63, 3.8) is 0 Å². The van der Waals surface area contributed by atoms with Crippen LogP contribution >= 0.6 is 0 Å². The molecule has 3 heterocycles. The Kier molecular flexibility index (Phi) is 5.72. The molecule has 1 N–H and O–H groups in total. The summed E-state index contributed by atoms with van der Waals surface area (Å²) in [5.74, 6) is 0.0280. The molecule has 0 radical (unpaired) electrons. The predicted octanol–water partition coefficient (Wildman–Crippen LogP) is 1.64. The number of likely N-dealkylation sites (tertiary alicyclic amines) is 1. The van der Waals surface area contributed by atoms with Gasteiger partial charge in [0.2, 0.25) is 0 Å². The highest BCUT2D eigenvalue weighted by Crippen LogP contribution is 2.33. The molecule has 1 aromatic carbocycles. The number of hydrogen-bond acceptors (Lipinski definition) is 5. The van der Waals surface area contributed by atoms with Crippen LogP contribution in [0.15, 0.2) is 30.3 Å². The van der Waals surface area contributed by atoms with E-state index in [0.717, 1.165) is 17.8 Å². The molecule has 2 aromatic rings. The second kappa shape index (κ2) is 8.43. The number of hydrogen-bond donors (Lipinski definition) is 1. The summed E-state index contributed by atoms with van der Waals surface area (Å²) in [4.78, 5) is 28.5. The van der Waals surface area contributed by atoms with Crippen LogP contribution < -0.4 is 5.32 Å². The summed E-state index contributed by atoms with van der Waals surface area (Å²) in [6.07, 6.45) is 0.763. The molecule has 1 unspecified atom stereocenters. The van der Waals surface area contributed by atoms with Crippen molar-refractivity contribution in [2.75, 3.05) is 26.2 Å². The molecule has 30 heavy (non-hydrogen) atoms. The first-order valence-electron chi connectivity index (χ1n) is 10.5. The molecule has 0 bridgehead atoms. The molecule has 160 valence electrons. The normalized spacial score (nSPS) is 20.3. The van der Waals surface area contributed by atoms with Gasteiger partial charge in [-0.05, 0) is 32.4 Å². The van der Waals surface area contributed by atoms with E-state index in [1.165, 1.54) is 0 Å². The van der Waals surface area contributed by atoms with Crippen LogP contribution in [0, 0.1) is 0 Å². The zero-order valence-electron chi connectivity index (χ0n) is 17.5. The minimum atomic E-state index is -0.438. The monoisotopic (exact) mass is 412 g/mol. The average Bonchev–Trinajstić information content (AvgIpc) is 3.37. The summed E-state index contributed by atoms with van der Waals surface area (Å²) in [6.45, 7) is 7.65. The Hall–Kier alpha value is -2.94. The van der Waals surface area contributed by atoms with Crippen molar-refractivity contribution in [3.8, 4) is 0 Å². The number of urea groups is 1. The number of carbonyl (C=O) groups is 2. The highest BCUT2D eigenvalue weighted by molar-refractivity contribution is 5.94. The minimum absolute atomic E-state index is 0.0280. The van der Waals surface area contributed by atoms with Crippen molar-refractivity contribution < 1.29 is 14.3 Å². The molecule has 1 atom stereocenters. The van der Waals surface area contributed by atoms with Crippen LogP contribution in [0.3, 0.4) is 0 Å². The van der Waals surface area contributed by atoms with Crippen LogP contribution in [0.4, 0.5) is 4.79 Å². The van der Waals surface area contributed by atoms with E-state index in [0.29, 0.717) is 51.4 Å². The third kappa shape index (κ3) is 3.89. The van der Waals surface area contributed by atoms with Gasteiger partial charge in [-0.3, -0.25) is 4.79 Å². The number of carbonyl (C=O) groups excluding carboxylic acids is 2. The Bertz CT molecular complexity index is 911. The van der Waals surface area contributed by atoms with Crippen molar-refractivity contribution in [1.82, 2.24) is 30.1 Å². The van der Waals surface area contributed by atoms with E-state index in [9.17, 15) is 9.59 Å². The number of aromatic nitrogens is 3. The molecule has 9 heteroatoms. The minimum Gasteiger partial charge on any atom is -0.365 e. The van der Waals surface area contributed by atoms with Crippen molar-refractivity contribution in [2.45, 2.75) is 45.6 Å². The van der Waals surface area contributed by atoms with Crippen molar-refractivity contribution in [3.05, 3.63) is 47.3 Å². The molecule has 2 aliphatic rings. The lowest BCUT2D eigenvalue weighted by Crippen LogP contribution is -2.45. The third-order valence-electron chi connectivity index (χ3n) is 5.95. The Morgan fingerprint density at radius 3 is 2.70 bits per heavy atom. The summed E-state index contributed by atoms with van der Waals surface area (Å²) in [6, 6.07) is 9.21. The van der Waals surface area contributed by atoms with Crippen molar-refractivity contribution >= 4 is 11.9 Å². The maximum Gasteiger partial charge on any atom is 0.317 e. The number of nitrogens with one attached hydrogen (secondary N) is 1. The van der Waals surface area contributed by atoms with E-state index < -0.39 is 5.60 Å². The first-order chi connectivity index (χ1) is 14.5. The zero-order chi connectivity index (χ0) is 21.1. The lowest BCUT2D eigenvalue weighted by molar-refractivity contribution is -0.0828. The molecular weight excluding hydrogens is 384 g/mol. The standard InChI is InChI=1S/C21H28N6O3/c1-3-25(4-2)20(29)22-12-17-18-13-30-21(15-27(18)24-23-17)10-11-26(14-21)19(28)16-8-6-5-7-9-16/h5-9H,3-4,10-15H2,1-2H3,(H,22,29). The smallest absolute Gasteiger partial charge is 0.317 e. The number of rotatable bonds is 5. The van der Waals surface area contributed by atoms with Gasteiger partial charge < -0.3 is 19.9 Å². The van der Waals surface area contributed by atoms with Gasteiger partial charge in [0.25, 0.3) is 5.91 Å². The van der Waals surface area contributed by atoms with Crippen LogP contribution in [0.2, 0.25) is 0 Å². The average molecular weight is 412 g/mol. The number of benzene rings is 1. The highest BCUT2D eigenvalue weighted by atomic mass is 16.5. The molecule has 1 aromatic heterocycles. The van der Waals surface area contributed by atoms with Crippen molar-refractivity contribution in [1.29, 1.82) is 0 Å². The molecule has 9 nitrogen and oxygen atoms in total. The SMILES string of the molecule is CCN(CC)C(=O)NCc1nnn2c1COC1(CCN(C(=O)c3ccccc3)C1)C2. The van der Waals surface area contributed by atoms with Gasteiger partial charge in [-0.25, -0.2) is 9.48 Å². The van der Waals surface area contributed by atoms with E-state index in [-0.39, 0.29) is 11.9 Å². The lowest BCUT2D eigenvalue weighted by Gasteiger charge is -2.34. The largest absolute Gasteiger partial charge is 0.365 e. The van der Waals surface area contributed by atoms with Gasteiger partial charge in [0.1, 0.15) is 11.3 Å². The Balaban J connectivity index is 1.39. The van der Waals surface area contributed by atoms with Crippen molar-refractivity contribution in [2.24, 2.45) is 0 Å². The molecule has 1 fully saturated rings. The number of fused-ring (bicyclic) bond motifs is 1. The molecule has 4 rings (SSSR count). The quantitative estimate of drug-likeness (QED) is 0.806. The summed E-state index contributed by atoms with van der Waals surface area (Å²) in [5, 5.41) is 11.4. The van der Waals surface area contributed by atoms with Crippen LogP contribution in [0.25, 0.3) is 0 Å². The fraction of sp³-hybridized carbons (Fsp3) is 0.524. The van der Waals surface area contributed by atoms with E-state index in [1.54, 1.807) is 4.90 Å². The first-order valence-corrected chi connectivity index (χ1v) is 10.5. The molecule has 2 aliphatic heterocycles. The Labute approximate surface area is 176 Å². The predicted molar refractivity (Wildman–Crippen MR) is 110 cm³/mol. The number of nitrogens with zero attached hydrogens (tertiary/aromatic N) is 5. The summed E-state index contributed by atoms with van der Waals surface area (Å²) < 4.78 is 8.11. The molecular formula is C21H28N6O3. The van der Waals surface area contributed by atoms with Gasteiger partial charge in [0, 0.05) is 25.2 Å². The number of ether oxygens (including phenoxy) is 1. The van der Waals surface area contributed by atoms with Gasteiger partial charge in [-0.2, -0.15) is 0 Å². The van der Waals surface area contributed by atoms with Gasteiger partial charge in [0.15, 0.2) is 0 Å². The number of amides is 3. The maximum atomic E-state index is 12.8. The summed E-state index contributed by atoms with van der Waals surface area (Å²) in [5.41, 5.74) is 1.86. The fourth-order valence-electron chi connectivity index (χ4n) is 4.14. The first kappa shape index (κ1) is 20.3. The van der Waals surface area contributed by atoms with Crippen LogP contribution in [-0.4, -0.2) is 68.5 Å². The van der Waals surface area contributed by atoms with Crippen LogP contribution in [0.1, 0.15) is 42.0 Å². The maximum absolute atomic E-state index is 12.8. The van der Waals surface area contributed by atoms with Gasteiger partial charge in [0.05, 0.1) is 31.9 Å². The van der Waals surface area contributed by atoms with E-state index in [2.05, 4.69) is 15.6 Å². The Morgan fingerprint density at radius 1 is 1.20 bits per heavy atom. The fourth-order valence-corrected chi connectivity index (χ4v) is 4.14. The van der Waals surface area contributed by atoms with Gasteiger partial charge in [-0.1, -0.05) is 23.4 Å². The molecule has 1 spiro atoms. The second-order valence-electron chi connectivity index (χ2n) is 7.79. The molecule has 0 aliphatic carbocycles. The molecule has 3 amide bonds. The van der Waals surface area contributed by atoms with E-state index >= 15 is 0 Å². The Morgan fingerprint density at radius 2 is 1.97 bits per heavy atom. The molecule has 1 saturated heterocycles. The summed E-state index contributed by atoms with van der Waals surface area (Å²) in [7, 11) is 0. The third-order valence-corrected chi connectivity index (χ3v) is 5.95. The molecule has 0 saturated carbocycles. The zero-order valence-corrected chi connectivity index (χ0v) is 17.5. The topological polar surface area (TPSA) is 92.6 Å².